The van der Waals surface area contributed by atoms with E-state index < -0.39 is 0 Å². The molecule has 0 bridgehead atoms. The molecule has 0 aliphatic rings. The molecule has 0 atom stereocenters. The maximum Gasteiger partial charge on any atom is 0.168 e. The van der Waals surface area contributed by atoms with Crippen molar-refractivity contribution in [3.05, 3.63) is 35.9 Å². The van der Waals surface area contributed by atoms with Crippen LogP contribution in [0.15, 0.2) is 30.3 Å². The van der Waals surface area contributed by atoms with Crippen molar-refractivity contribution < 1.29 is 0 Å². The van der Waals surface area contributed by atoms with Crippen molar-refractivity contribution in [1.29, 1.82) is 5.26 Å². The minimum atomic E-state index is 0.497. The first-order valence-corrected chi connectivity index (χ1v) is 6.04. The summed E-state index contributed by atoms with van der Waals surface area (Å²) < 4.78 is 0. The Hall–Kier alpha value is -1.60. The molecule has 1 rings (SSSR count). The molecule has 0 aliphatic carbocycles. The van der Waals surface area contributed by atoms with Gasteiger partial charge in [-0.2, -0.15) is 5.26 Å². The Morgan fingerprint density at radius 1 is 1.41 bits per heavy atom. The molecular formula is C13H17N3S. The lowest BCUT2D eigenvalue weighted by atomic mass is 10.1. The summed E-state index contributed by atoms with van der Waals surface area (Å²) in [5, 5.41) is 12.4. The minimum Gasteiger partial charge on any atom is -0.362 e. The van der Waals surface area contributed by atoms with Crippen LogP contribution in [0.4, 0.5) is 0 Å². The topological polar surface area (TPSA) is 39.1 Å². The molecule has 1 N–H and O–H groups in total. The van der Waals surface area contributed by atoms with Crippen LogP contribution >= 0.6 is 12.2 Å². The van der Waals surface area contributed by atoms with Gasteiger partial charge in [-0.1, -0.05) is 30.3 Å². The molecular weight excluding hydrogens is 230 g/mol. The van der Waals surface area contributed by atoms with E-state index in [2.05, 4.69) is 23.5 Å². The van der Waals surface area contributed by atoms with E-state index >= 15 is 0 Å². The molecule has 17 heavy (non-hydrogen) atoms. The fourth-order valence-electron chi connectivity index (χ4n) is 1.41. The van der Waals surface area contributed by atoms with Gasteiger partial charge in [-0.3, -0.25) is 0 Å². The number of benzene rings is 1. The first-order valence-electron chi connectivity index (χ1n) is 5.64. The summed E-state index contributed by atoms with van der Waals surface area (Å²) in [7, 11) is 1.90. The van der Waals surface area contributed by atoms with Crippen LogP contribution in [-0.4, -0.2) is 30.1 Å². The number of thiocarbonyl (C=S) groups is 1. The number of nitrogens with zero attached hydrogens (tertiary/aromatic N) is 2. The molecule has 0 saturated carbocycles. The van der Waals surface area contributed by atoms with E-state index in [9.17, 15) is 0 Å². The van der Waals surface area contributed by atoms with Crippen molar-refractivity contribution in [2.75, 3.05) is 20.1 Å². The largest absolute Gasteiger partial charge is 0.362 e. The highest BCUT2D eigenvalue weighted by Crippen LogP contribution is 1.98. The highest BCUT2D eigenvalue weighted by Gasteiger charge is 2.02. The van der Waals surface area contributed by atoms with Crippen LogP contribution in [0.3, 0.4) is 0 Å². The highest BCUT2D eigenvalue weighted by atomic mass is 32.1. The number of rotatable bonds is 5. The van der Waals surface area contributed by atoms with Gasteiger partial charge < -0.3 is 10.2 Å². The number of nitriles is 1. The molecule has 90 valence electrons. The lowest BCUT2D eigenvalue weighted by Crippen LogP contribution is -2.38. The minimum absolute atomic E-state index is 0.497. The quantitative estimate of drug-likeness (QED) is 0.807. The van der Waals surface area contributed by atoms with Gasteiger partial charge in [0.05, 0.1) is 12.5 Å². The third kappa shape index (κ3) is 5.32. The summed E-state index contributed by atoms with van der Waals surface area (Å²) in [6.45, 7) is 1.49. The zero-order valence-corrected chi connectivity index (χ0v) is 10.8. The molecule has 0 radical (unpaired) electrons. The zero-order valence-electron chi connectivity index (χ0n) is 10.0. The molecule has 0 spiro atoms. The molecule has 4 heteroatoms. The number of hydrogen-bond donors (Lipinski definition) is 1. The average molecular weight is 247 g/mol. The molecule has 0 fully saturated rings. The van der Waals surface area contributed by atoms with Gasteiger partial charge in [-0.15, -0.1) is 0 Å². The molecule has 3 nitrogen and oxygen atoms in total. The van der Waals surface area contributed by atoms with Crippen LogP contribution in [0, 0.1) is 11.3 Å². The first-order chi connectivity index (χ1) is 8.24. The first kappa shape index (κ1) is 13.5. The summed E-state index contributed by atoms with van der Waals surface area (Å²) in [6.07, 6.45) is 1.45. The standard InChI is InChI=1S/C13H17N3S/c1-16(11-5-9-14)13(17)15-10-8-12-6-3-2-4-7-12/h2-4,6-7H,5,8,10-11H2,1H3,(H,15,17). The van der Waals surface area contributed by atoms with E-state index in [1.54, 1.807) is 0 Å². The Morgan fingerprint density at radius 3 is 2.76 bits per heavy atom. The molecule has 1 aromatic carbocycles. The van der Waals surface area contributed by atoms with E-state index in [0.29, 0.717) is 18.1 Å². The Bertz CT molecular complexity index is 383. The fraction of sp³-hybridized carbons (Fsp3) is 0.385. The average Bonchev–Trinajstić information content (AvgIpc) is 2.37. The van der Waals surface area contributed by atoms with E-state index in [1.807, 2.05) is 30.1 Å². The third-order valence-electron chi connectivity index (χ3n) is 2.44. The Labute approximate surface area is 108 Å². The summed E-state index contributed by atoms with van der Waals surface area (Å²) >= 11 is 5.21. The summed E-state index contributed by atoms with van der Waals surface area (Å²) in [6, 6.07) is 12.4. The molecule has 0 unspecified atom stereocenters. The maximum atomic E-state index is 8.48. The number of hydrogen-bond acceptors (Lipinski definition) is 2. The van der Waals surface area contributed by atoms with Crippen LogP contribution in [0.1, 0.15) is 12.0 Å². The second-order valence-corrected chi connectivity index (χ2v) is 4.18. The fourth-order valence-corrected chi connectivity index (χ4v) is 1.61. The molecule has 0 aromatic heterocycles. The summed E-state index contributed by atoms with van der Waals surface area (Å²) in [5.41, 5.74) is 1.29. The van der Waals surface area contributed by atoms with Crippen LogP contribution in [0.5, 0.6) is 0 Å². The van der Waals surface area contributed by atoms with Crippen LogP contribution in [-0.2, 0) is 6.42 Å². The number of nitrogens with one attached hydrogen (secondary N) is 1. The van der Waals surface area contributed by atoms with Crippen molar-refractivity contribution >= 4 is 17.3 Å². The van der Waals surface area contributed by atoms with Crippen LogP contribution < -0.4 is 5.32 Å². The SMILES string of the molecule is CN(CCC#N)C(=S)NCCc1ccccc1. The van der Waals surface area contributed by atoms with Gasteiger partial charge in [0.2, 0.25) is 0 Å². The van der Waals surface area contributed by atoms with Crippen molar-refractivity contribution in [3.63, 3.8) is 0 Å². The smallest absolute Gasteiger partial charge is 0.168 e. The lowest BCUT2D eigenvalue weighted by molar-refractivity contribution is 0.504. The third-order valence-corrected chi connectivity index (χ3v) is 2.89. The van der Waals surface area contributed by atoms with Crippen molar-refractivity contribution in [2.24, 2.45) is 0 Å². The molecule has 0 amide bonds. The van der Waals surface area contributed by atoms with E-state index in [1.165, 1.54) is 5.56 Å². The highest BCUT2D eigenvalue weighted by molar-refractivity contribution is 7.80. The second-order valence-electron chi connectivity index (χ2n) is 3.80. The second kappa shape index (κ2) is 7.64. The summed E-state index contributed by atoms with van der Waals surface area (Å²) in [5.74, 6) is 0. The van der Waals surface area contributed by atoms with Crippen molar-refractivity contribution in [2.45, 2.75) is 12.8 Å². The molecule has 0 saturated heterocycles. The van der Waals surface area contributed by atoms with Gasteiger partial charge in [0, 0.05) is 20.1 Å². The van der Waals surface area contributed by atoms with Gasteiger partial charge in [0.15, 0.2) is 5.11 Å². The Balaban J connectivity index is 2.23. The molecule has 0 heterocycles. The lowest BCUT2D eigenvalue weighted by Gasteiger charge is -2.19. The Kier molecular flexibility index (Phi) is 6.05. The van der Waals surface area contributed by atoms with Gasteiger partial charge >= 0.3 is 0 Å². The predicted molar refractivity (Wildman–Crippen MR) is 73.6 cm³/mol. The molecule has 1 aromatic rings. The summed E-state index contributed by atoms with van der Waals surface area (Å²) in [4.78, 5) is 1.89. The van der Waals surface area contributed by atoms with Gasteiger partial charge in [-0.25, -0.2) is 0 Å². The Morgan fingerprint density at radius 2 is 2.12 bits per heavy atom. The van der Waals surface area contributed by atoms with E-state index in [0.717, 1.165) is 13.0 Å². The van der Waals surface area contributed by atoms with Gasteiger partial charge in [-0.05, 0) is 24.2 Å². The monoisotopic (exact) mass is 247 g/mol. The zero-order chi connectivity index (χ0) is 12.5. The van der Waals surface area contributed by atoms with Crippen molar-refractivity contribution in [3.8, 4) is 6.07 Å². The van der Waals surface area contributed by atoms with Crippen LogP contribution in [0.25, 0.3) is 0 Å². The normalized spacial score (nSPS) is 9.41. The molecule has 0 aliphatic heterocycles. The maximum absolute atomic E-state index is 8.48. The van der Waals surface area contributed by atoms with Crippen LogP contribution in [0.2, 0.25) is 0 Å². The van der Waals surface area contributed by atoms with Crippen molar-refractivity contribution in [1.82, 2.24) is 10.2 Å². The van der Waals surface area contributed by atoms with E-state index in [-0.39, 0.29) is 0 Å². The van der Waals surface area contributed by atoms with E-state index in [4.69, 9.17) is 17.5 Å². The van der Waals surface area contributed by atoms with Gasteiger partial charge in [0.25, 0.3) is 0 Å². The predicted octanol–water partition coefficient (Wildman–Crippen LogP) is 1.95. The van der Waals surface area contributed by atoms with Gasteiger partial charge in [0.1, 0.15) is 0 Å².